The van der Waals surface area contributed by atoms with Crippen LogP contribution in [0.15, 0.2) is 61.9 Å². The average molecular weight is 632 g/mol. The lowest BCUT2D eigenvalue weighted by Crippen LogP contribution is -2.41. The summed E-state index contributed by atoms with van der Waals surface area (Å²) in [4.78, 5) is 39.3. The van der Waals surface area contributed by atoms with Gasteiger partial charge >= 0.3 is 28.5 Å². The molecule has 3 N–H and O–H groups in total. The fraction of sp³-hybridized carbons (Fsp3) is 0.391. The number of amides is 1. The van der Waals surface area contributed by atoms with Crippen molar-refractivity contribution in [3.05, 3.63) is 58.3 Å². The number of sulfone groups is 1. The number of nitrogens with zero attached hydrogens (tertiary/aromatic N) is 4. The van der Waals surface area contributed by atoms with Crippen LogP contribution in [-0.4, -0.2) is 83.2 Å². The maximum absolute atomic E-state index is 14.3. The van der Waals surface area contributed by atoms with E-state index < -0.39 is 95.3 Å². The van der Waals surface area contributed by atoms with E-state index in [2.05, 4.69) is 20.1 Å². The number of anilines is 1. The number of aromatic nitrogens is 4. The summed E-state index contributed by atoms with van der Waals surface area (Å²) in [6, 6.07) is 7.97. The van der Waals surface area contributed by atoms with Crippen molar-refractivity contribution in [2.75, 3.05) is 25.1 Å². The van der Waals surface area contributed by atoms with Crippen LogP contribution in [0, 0.1) is 5.21 Å². The fourth-order valence-electron chi connectivity index (χ4n) is 3.81. The van der Waals surface area contributed by atoms with Gasteiger partial charge in [-0.05, 0) is 23.1 Å². The number of aliphatic hydroxyl groups is 2. The second kappa shape index (κ2) is 12.8. The standard InChI is InChI=1S/C23H23F2N5O12S/c24-23(25)18(34)14(12-31)41-21(23)29-9-8-15(27-22(29)35)26-16(32)6-7-17(33)39-10-11-40-19-20(30(36)42-28-19)43(37,38)13-4-2-1-3-5-13/h1-5,8-9,14,18,21,31,34H,6-7,10-12H2,(H,26,27,32,35)/t14-,18-,21-/m1/s1. The Morgan fingerprint density at radius 3 is 2.56 bits per heavy atom. The summed E-state index contributed by atoms with van der Waals surface area (Å²) in [5.74, 6) is -6.54. The molecule has 1 aliphatic heterocycles. The number of hydrogen-bond acceptors (Lipinski definition) is 14. The first-order valence-electron chi connectivity index (χ1n) is 12.3. The van der Waals surface area contributed by atoms with Crippen LogP contribution >= 0.6 is 0 Å². The number of nitrogens with one attached hydrogen (secondary N) is 1. The van der Waals surface area contributed by atoms with E-state index in [-0.39, 0.29) is 15.6 Å². The highest BCUT2D eigenvalue weighted by Gasteiger charge is 2.59. The number of carbonyl (C=O) groups is 2. The summed E-state index contributed by atoms with van der Waals surface area (Å²) in [5, 5.41) is 35.1. The Bertz CT molecular complexity index is 1630. The quantitative estimate of drug-likeness (QED) is 0.123. The van der Waals surface area contributed by atoms with E-state index in [1.165, 1.54) is 24.3 Å². The van der Waals surface area contributed by atoms with E-state index >= 15 is 0 Å². The highest BCUT2D eigenvalue weighted by Crippen LogP contribution is 2.42. The van der Waals surface area contributed by atoms with E-state index in [0.29, 0.717) is 4.57 Å². The summed E-state index contributed by atoms with van der Waals surface area (Å²) in [7, 11) is -4.34. The molecule has 3 atom stereocenters. The van der Waals surface area contributed by atoms with Crippen molar-refractivity contribution in [1.82, 2.24) is 14.7 Å². The van der Waals surface area contributed by atoms with Crippen LogP contribution in [0.2, 0.25) is 0 Å². The Balaban J connectivity index is 1.23. The van der Waals surface area contributed by atoms with Gasteiger partial charge in [0.05, 0.1) is 23.1 Å². The fourth-order valence-corrected chi connectivity index (χ4v) is 5.10. The summed E-state index contributed by atoms with van der Waals surface area (Å²) in [6.07, 6.45) is -6.25. The van der Waals surface area contributed by atoms with E-state index in [4.69, 9.17) is 19.3 Å². The molecule has 0 unspecified atom stereocenters. The first-order chi connectivity index (χ1) is 20.4. The number of carbonyl (C=O) groups excluding carboxylic acids is 2. The third kappa shape index (κ3) is 6.77. The second-order valence-electron chi connectivity index (χ2n) is 8.81. The Morgan fingerprint density at radius 1 is 1.19 bits per heavy atom. The number of esters is 1. The molecule has 3 heterocycles. The van der Waals surface area contributed by atoms with Crippen molar-refractivity contribution in [3.63, 3.8) is 0 Å². The van der Waals surface area contributed by atoms with E-state index in [1.807, 2.05) is 0 Å². The molecule has 1 saturated heterocycles. The van der Waals surface area contributed by atoms with Crippen molar-refractivity contribution < 1.29 is 60.7 Å². The average Bonchev–Trinajstić information content (AvgIpc) is 3.46. The Morgan fingerprint density at radius 2 is 1.91 bits per heavy atom. The van der Waals surface area contributed by atoms with Crippen LogP contribution in [0.4, 0.5) is 14.6 Å². The molecule has 43 heavy (non-hydrogen) atoms. The minimum absolute atomic E-state index is 0.214. The molecule has 0 radical (unpaired) electrons. The van der Waals surface area contributed by atoms with Gasteiger partial charge in [0.1, 0.15) is 25.1 Å². The molecule has 1 aliphatic rings. The molecule has 232 valence electrons. The first kappa shape index (κ1) is 31.4. The first-order valence-corrected chi connectivity index (χ1v) is 13.7. The number of ether oxygens (including phenoxy) is 3. The molecule has 1 amide bonds. The maximum atomic E-state index is 14.3. The number of alkyl halides is 2. The molecule has 0 aliphatic carbocycles. The van der Waals surface area contributed by atoms with Crippen LogP contribution in [0.25, 0.3) is 0 Å². The molecule has 0 saturated carbocycles. The van der Waals surface area contributed by atoms with Gasteiger partial charge in [-0.3, -0.25) is 18.8 Å². The smallest absolute Gasteiger partial charge is 0.415 e. The van der Waals surface area contributed by atoms with Gasteiger partial charge in [0.15, 0.2) is 6.10 Å². The van der Waals surface area contributed by atoms with E-state index in [0.717, 1.165) is 12.3 Å². The Hall–Kier alpha value is -4.53. The number of halogens is 2. The Kier molecular flexibility index (Phi) is 9.33. The van der Waals surface area contributed by atoms with Gasteiger partial charge in [0.25, 0.3) is 9.84 Å². The number of hydrogen-bond donors (Lipinski definition) is 3. The van der Waals surface area contributed by atoms with Crippen LogP contribution in [0.3, 0.4) is 0 Å². The van der Waals surface area contributed by atoms with Crippen LogP contribution in [0.5, 0.6) is 5.88 Å². The lowest BCUT2D eigenvalue weighted by molar-refractivity contribution is -0.832. The minimum Gasteiger partial charge on any atom is -0.462 e. The predicted molar refractivity (Wildman–Crippen MR) is 132 cm³/mol. The molecule has 0 bridgehead atoms. The monoisotopic (exact) mass is 631 g/mol. The molecule has 0 spiro atoms. The van der Waals surface area contributed by atoms with Crippen molar-refractivity contribution >= 4 is 27.5 Å². The van der Waals surface area contributed by atoms with Crippen LogP contribution < -0.4 is 20.6 Å². The molecule has 17 nitrogen and oxygen atoms in total. The summed E-state index contributed by atoms with van der Waals surface area (Å²) in [5.41, 5.74) is -1.25. The highest BCUT2D eigenvalue weighted by molar-refractivity contribution is 7.91. The number of aliphatic hydroxyl groups excluding tert-OH is 2. The van der Waals surface area contributed by atoms with Gasteiger partial charge in [-0.15, -0.1) is 0 Å². The SMILES string of the molecule is O=C(CCC(=O)OCCOc1no[n+]([O-])c1S(=O)(=O)c1ccccc1)Nc1ccn([C@@H]2O[C@H](CO)[C@@H](O)C2(F)F)c(=O)n1. The largest absolute Gasteiger partial charge is 0.462 e. The summed E-state index contributed by atoms with van der Waals surface area (Å²) < 4.78 is 73.6. The minimum atomic E-state index is -4.34. The normalized spacial score (nSPS) is 19.6. The van der Waals surface area contributed by atoms with Gasteiger partial charge in [0.2, 0.25) is 12.1 Å². The lowest BCUT2D eigenvalue weighted by Gasteiger charge is -2.21. The van der Waals surface area contributed by atoms with Gasteiger partial charge in [-0.1, -0.05) is 18.2 Å². The topological polar surface area (TPSA) is 236 Å². The summed E-state index contributed by atoms with van der Waals surface area (Å²) >= 11 is 0. The Labute approximate surface area is 239 Å². The zero-order valence-corrected chi connectivity index (χ0v) is 22.6. The molecule has 1 aromatic carbocycles. The second-order valence-corrected chi connectivity index (χ2v) is 10.7. The molecule has 20 heteroatoms. The van der Waals surface area contributed by atoms with Crippen molar-refractivity contribution in [1.29, 1.82) is 0 Å². The third-order valence-corrected chi connectivity index (χ3v) is 7.63. The van der Waals surface area contributed by atoms with E-state index in [9.17, 15) is 41.9 Å². The van der Waals surface area contributed by atoms with Crippen LogP contribution in [-0.2, 0) is 28.9 Å². The highest BCUT2D eigenvalue weighted by atomic mass is 32.2. The molecular weight excluding hydrogens is 608 g/mol. The molecule has 3 aromatic rings. The lowest BCUT2D eigenvalue weighted by atomic mass is 10.1. The van der Waals surface area contributed by atoms with Gasteiger partial charge < -0.3 is 34.9 Å². The number of benzene rings is 1. The van der Waals surface area contributed by atoms with Crippen LogP contribution in [0.1, 0.15) is 19.1 Å². The van der Waals surface area contributed by atoms with Gasteiger partial charge in [-0.2, -0.15) is 13.8 Å². The van der Waals surface area contributed by atoms with Crippen molar-refractivity contribution in [3.8, 4) is 5.88 Å². The molecule has 2 aromatic heterocycles. The predicted octanol–water partition coefficient (Wildman–Crippen LogP) is -1.08. The van der Waals surface area contributed by atoms with Crippen molar-refractivity contribution in [2.24, 2.45) is 0 Å². The third-order valence-electron chi connectivity index (χ3n) is 5.91. The van der Waals surface area contributed by atoms with Crippen molar-refractivity contribution in [2.45, 2.75) is 47.1 Å². The zero-order chi connectivity index (χ0) is 31.4. The molecule has 4 rings (SSSR count). The van der Waals surface area contributed by atoms with Gasteiger partial charge in [-0.25, -0.2) is 13.2 Å². The molecule has 1 fully saturated rings. The number of rotatable bonds is 12. The summed E-state index contributed by atoms with van der Waals surface area (Å²) in [6.45, 7) is -1.76. The maximum Gasteiger partial charge on any atom is 0.415 e. The van der Waals surface area contributed by atoms with E-state index in [1.54, 1.807) is 6.07 Å². The molecular formula is C23H23F2N5O12S. The zero-order valence-electron chi connectivity index (χ0n) is 21.7. The van der Waals surface area contributed by atoms with Gasteiger partial charge in [0, 0.05) is 12.6 Å².